The Morgan fingerprint density at radius 3 is 2.42 bits per heavy atom. The van der Waals surface area contributed by atoms with Gasteiger partial charge in [0.05, 0.1) is 0 Å². The van der Waals surface area contributed by atoms with Gasteiger partial charge in [0, 0.05) is 12.6 Å². The molecule has 2 rings (SSSR count). The largest absolute Gasteiger partial charge is 0.480 e. The van der Waals surface area contributed by atoms with E-state index in [2.05, 4.69) is 5.32 Å². The lowest BCUT2D eigenvalue weighted by Gasteiger charge is -2.23. The van der Waals surface area contributed by atoms with Gasteiger partial charge in [0.1, 0.15) is 11.2 Å². The van der Waals surface area contributed by atoms with Crippen molar-refractivity contribution in [3.8, 4) is 0 Å². The lowest BCUT2D eigenvalue weighted by Crippen LogP contribution is -2.43. The zero-order valence-corrected chi connectivity index (χ0v) is 13.7. The second kappa shape index (κ2) is 7.12. The molecule has 0 aliphatic carbocycles. The summed E-state index contributed by atoms with van der Waals surface area (Å²) in [5.74, 6) is -1.42. The van der Waals surface area contributed by atoms with Gasteiger partial charge in [-0.25, -0.2) is 4.79 Å². The lowest BCUT2D eigenvalue weighted by molar-refractivity contribution is -0.145. The number of rotatable bonds is 6. The molecule has 0 radical (unpaired) electrons. The maximum Gasteiger partial charge on any atom is 0.329 e. The van der Waals surface area contributed by atoms with E-state index in [0.29, 0.717) is 6.42 Å². The molecule has 6 heteroatoms. The van der Waals surface area contributed by atoms with E-state index in [9.17, 15) is 19.5 Å². The van der Waals surface area contributed by atoms with Gasteiger partial charge in [0.25, 0.3) is 5.56 Å². The zero-order chi connectivity index (χ0) is 17.7. The summed E-state index contributed by atoms with van der Waals surface area (Å²) in [4.78, 5) is 35.8. The second-order valence-corrected chi connectivity index (χ2v) is 5.99. The predicted octanol–water partition coefficient (Wildman–Crippen LogP) is 2.24. The molecule has 0 atom stereocenters. The van der Waals surface area contributed by atoms with Crippen molar-refractivity contribution < 1.29 is 14.7 Å². The molecule has 0 unspecified atom stereocenters. The number of carbonyl (C=O) groups is 2. The summed E-state index contributed by atoms with van der Waals surface area (Å²) >= 11 is 0. The van der Waals surface area contributed by atoms with Crippen LogP contribution in [0.15, 0.2) is 53.5 Å². The van der Waals surface area contributed by atoms with E-state index in [4.69, 9.17) is 0 Å². The third-order valence-corrected chi connectivity index (χ3v) is 3.83. The summed E-state index contributed by atoms with van der Waals surface area (Å²) in [6.45, 7) is 2.86. The van der Waals surface area contributed by atoms with E-state index in [0.717, 1.165) is 10.1 Å². The van der Waals surface area contributed by atoms with Crippen molar-refractivity contribution >= 4 is 17.6 Å². The van der Waals surface area contributed by atoms with Gasteiger partial charge in [0.2, 0.25) is 5.91 Å². The first-order valence-electron chi connectivity index (χ1n) is 7.61. The van der Waals surface area contributed by atoms with Gasteiger partial charge in [0.15, 0.2) is 0 Å². The monoisotopic (exact) mass is 328 g/mol. The number of benzene rings is 1. The van der Waals surface area contributed by atoms with Crippen molar-refractivity contribution in [3.63, 3.8) is 0 Å². The Bertz CT molecular complexity index is 794. The van der Waals surface area contributed by atoms with Crippen LogP contribution in [0.1, 0.15) is 25.8 Å². The molecule has 2 N–H and O–H groups in total. The summed E-state index contributed by atoms with van der Waals surface area (Å²) in [7, 11) is 0. The molecule has 0 aliphatic heterocycles. The summed E-state index contributed by atoms with van der Waals surface area (Å²) in [6.07, 6.45) is 2.20. The van der Waals surface area contributed by atoms with Gasteiger partial charge in [-0.1, -0.05) is 30.3 Å². The molecular weight excluding hydrogens is 308 g/mol. The van der Waals surface area contributed by atoms with Crippen LogP contribution >= 0.6 is 0 Å². The number of anilines is 1. The Hall–Kier alpha value is -2.89. The van der Waals surface area contributed by atoms with Gasteiger partial charge in [-0.05, 0) is 38.0 Å². The van der Waals surface area contributed by atoms with Crippen molar-refractivity contribution in [2.24, 2.45) is 0 Å². The van der Waals surface area contributed by atoms with Crippen molar-refractivity contribution in [1.29, 1.82) is 0 Å². The number of pyridine rings is 1. The summed E-state index contributed by atoms with van der Waals surface area (Å²) < 4.78 is 1.10. The molecule has 0 spiro atoms. The van der Waals surface area contributed by atoms with Crippen molar-refractivity contribution in [1.82, 2.24) is 4.57 Å². The Kier molecular flexibility index (Phi) is 5.18. The number of carboxylic acid groups (broad SMARTS) is 1. The standard InChI is InChI=1S/C18H20N2O4/c1-18(2,17(23)24)20-12-6-9-14(16(20)22)19-15(21)11-10-13-7-4-3-5-8-13/h3-9,12H,10-11H2,1-2H3,(H,19,21)(H,23,24). The van der Waals surface area contributed by atoms with Crippen LogP contribution in [0.3, 0.4) is 0 Å². The highest BCUT2D eigenvalue weighted by atomic mass is 16.4. The molecule has 2 aromatic rings. The highest BCUT2D eigenvalue weighted by Gasteiger charge is 2.30. The van der Waals surface area contributed by atoms with E-state index < -0.39 is 17.1 Å². The average Bonchev–Trinajstić information content (AvgIpc) is 2.55. The SMILES string of the molecule is CC(C)(C(=O)O)n1cccc(NC(=O)CCc2ccccc2)c1=O. The van der Waals surface area contributed by atoms with Crippen LogP contribution in [-0.2, 0) is 21.5 Å². The maximum atomic E-state index is 12.4. The van der Waals surface area contributed by atoms with Crippen LogP contribution < -0.4 is 10.9 Å². The van der Waals surface area contributed by atoms with Gasteiger partial charge in [-0.15, -0.1) is 0 Å². The summed E-state index contributed by atoms with van der Waals surface area (Å²) in [5, 5.41) is 11.8. The number of nitrogens with one attached hydrogen (secondary N) is 1. The summed E-state index contributed by atoms with van der Waals surface area (Å²) in [6, 6.07) is 12.6. The van der Waals surface area contributed by atoms with Crippen LogP contribution in [-0.4, -0.2) is 21.6 Å². The van der Waals surface area contributed by atoms with E-state index >= 15 is 0 Å². The minimum absolute atomic E-state index is 0.0740. The van der Waals surface area contributed by atoms with Crippen molar-refractivity contribution in [3.05, 3.63) is 64.6 Å². The first-order valence-corrected chi connectivity index (χ1v) is 7.61. The van der Waals surface area contributed by atoms with E-state index in [1.165, 1.54) is 26.1 Å². The van der Waals surface area contributed by atoms with Gasteiger partial charge in [-0.3, -0.25) is 14.2 Å². The molecule has 1 amide bonds. The Morgan fingerprint density at radius 2 is 1.79 bits per heavy atom. The number of hydrogen-bond acceptors (Lipinski definition) is 3. The lowest BCUT2D eigenvalue weighted by atomic mass is 10.1. The first-order chi connectivity index (χ1) is 11.3. The molecule has 0 aliphatic rings. The fourth-order valence-electron chi connectivity index (χ4n) is 2.25. The smallest absolute Gasteiger partial charge is 0.329 e. The molecule has 0 fully saturated rings. The summed E-state index contributed by atoms with van der Waals surface area (Å²) in [5.41, 5.74) is -0.838. The number of aliphatic carboxylic acids is 1. The minimum Gasteiger partial charge on any atom is -0.480 e. The first kappa shape index (κ1) is 17.5. The molecule has 1 aromatic carbocycles. The second-order valence-electron chi connectivity index (χ2n) is 5.99. The normalized spacial score (nSPS) is 11.1. The number of aryl methyl sites for hydroxylation is 1. The number of aromatic nitrogens is 1. The minimum atomic E-state index is -1.40. The van der Waals surface area contributed by atoms with E-state index in [-0.39, 0.29) is 18.0 Å². The van der Waals surface area contributed by atoms with Crippen LogP contribution in [0.2, 0.25) is 0 Å². The highest BCUT2D eigenvalue weighted by Crippen LogP contribution is 2.14. The zero-order valence-electron chi connectivity index (χ0n) is 13.7. The van der Waals surface area contributed by atoms with Crippen molar-refractivity contribution in [2.45, 2.75) is 32.2 Å². The van der Waals surface area contributed by atoms with Crippen LogP contribution in [0.5, 0.6) is 0 Å². The Labute approximate surface area is 139 Å². The average molecular weight is 328 g/mol. The third kappa shape index (κ3) is 3.90. The number of nitrogens with zero attached hydrogens (tertiary/aromatic N) is 1. The number of carbonyl (C=O) groups excluding carboxylic acids is 1. The molecular formula is C18H20N2O4. The fraction of sp³-hybridized carbons (Fsp3) is 0.278. The van der Waals surface area contributed by atoms with Gasteiger partial charge >= 0.3 is 5.97 Å². The number of carboxylic acids is 1. The van der Waals surface area contributed by atoms with Gasteiger partial charge in [-0.2, -0.15) is 0 Å². The molecule has 1 aromatic heterocycles. The number of amides is 1. The molecule has 126 valence electrons. The maximum absolute atomic E-state index is 12.4. The Morgan fingerprint density at radius 1 is 1.12 bits per heavy atom. The van der Waals surface area contributed by atoms with E-state index in [1.807, 2.05) is 30.3 Å². The molecule has 0 bridgehead atoms. The third-order valence-electron chi connectivity index (χ3n) is 3.83. The molecule has 0 saturated carbocycles. The fourth-order valence-corrected chi connectivity index (χ4v) is 2.25. The predicted molar refractivity (Wildman–Crippen MR) is 91.1 cm³/mol. The Balaban J connectivity index is 2.12. The van der Waals surface area contributed by atoms with Crippen LogP contribution in [0.4, 0.5) is 5.69 Å². The topological polar surface area (TPSA) is 88.4 Å². The highest BCUT2D eigenvalue weighted by molar-refractivity contribution is 5.90. The molecule has 6 nitrogen and oxygen atoms in total. The van der Waals surface area contributed by atoms with Crippen molar-refractivity contribution in [2.75, 3.05) is 5.32 Å². The number of hydrogen-bond donors (Lipinski definition) is 2. The molecule has 24 heavy (non-hydrogen) atoms. The molecule has 0 saturated heterocycles. The molecule has 1 heterocycles. The van der Waals surface area contributed by atoms with E-state index in [1.54, 1.807) is 6.07 Å². The van der Waals surface area contributed by atoms with Gasteiger partial charge < -0.3 is 10.4 Å². The quantitative estimate of drug-likeness (QED) is 0.851. The van der Waals surface area contributed by atoms with Crippen LogP contribution in [0.25, 0.3) is 0 Å². The van der Waals surface area contributed by atoms with Crippen LogP contribution in [0, 0.1) is 0 Å².